The molecule has 1 amide bonds. The Hall–Kier alpha value is -2.70. The first-order valence-electron chi connectivity index (χ1n) is 6.21. The van der Waals surface area contributed by atoms with Crippen LogP contribution in [0.3, 0.4) is 0 Å². The van der Waals surface area contributed by atoms with Crippen LogP contribution in [0.25, 0.3) is 0 Å². The molecule has 0 radical (unpaired) electrons. The highest BCUT2D eigenvalue weighted by atomic mass is 19.1. The van der Waals surface area contributed by atoms with Crippen LogP contribution in [0.15, 0.2) is 24.3 Å². The normalized spacial score (nSPS) is 10.2. The van der Waals surface area contributed by atoms with E-state index in [1.807, 2.05) is 0 Å². The van der Waals surface area contributed by atoms with E-state index in [1.165, 1.54) is 12.1 Å². The van der Waals surface area contributed by atoms with Gasteiger partial charge in [0.15, 0.2) is 12.4 Å². The van der Waals surface area contributed by atoms with Crippen molar-refractivity contribution in [3.63, 3.8) is 0 Å². The molecule has 0 spiro atoms. The van der Waals surface area contributed by atoms with Crippen LogP contribution in [-0.4, -0.2) is 28.7 Å². The summed E-state index contributed by atoms with van der Waals surface area (Å²) < 4.78 is 18.1. The predicted molar refractivity (Wildman–Crippen MR) is 73.4 cm³/mol. The Morgan fingerprint density at radius 3 is 2.71 bits per heavy atom. The minimum absolute atomic E-state index is 0.0570. The molecule has 0 aliphatic heterocycles. The van der Waals surface area contributed by atoms with E-state index in [2.05, 4.69) is 15.5 Å². The molecule has 110 valence electrons. The monoisotopic (exact) mass is 291 g/mol. The molecule has 0 aliphatic rings. The van der Waals surface area contributed by atoms with Gasteiger partial charge in [0, 0.05) is 11.8 Å². The summed E-state index contributed by atoms with van der Waals surface area (Å²) in [6.07, 6.45) is 0. The van der Waals surface area contributed by atoms with Crippen molar-refractivity contribution in [2.75, 3.05) is 11.9 Å². The topological polar surface area (TPSA) is 84.1 Å². The van der Waals surface area contributed by atoms with Crippen molar-refractivity contribution >= 4 is 17.7 Å². The summed E-state index contributed by atoms with van der Waals surface area (Å²) in [5.41, 5.74) is 1.28. The van der Waals surface area contributed by atoms with E-state index < -0.39 is 24.3 Å². The molecule has 1 aromatic heterocycles. The van der Waals surface area contributed by atoms with Crippen LogP contribution >= 0.6 is 0 Å². The quantitative estimate of drug-likeness (QED) is 0.843. The maximum atomic E-state index is 13.3. The van der Waals surface area contributed by atoms with Crippen LogP contribution in [0.5, 0.6) is 0 Å². The predicted octanol–water partition coefficient (Wildman–Crippen LogP) is 1.96. The van der Waals surface area contributed by atoms with Gasteiger partial charge in [0.2, 0.25) is 0 Å². The number of nitrogens with zero attached hydrogens (tertiary/aromatic N) is 1. The maximum absolute atomic E-state index is 13.3. The number of aromatic nitrogens is 2. The van der Waals surface area contributed by atoms with Gasteiger partial charge in [-0.3, -0.25) is 9.89 Å². The van der Waals surface area contributed by atoms with Crippen LogP contribution in [-0.2, 0) is 9.53 Å². The molecular weight excluding hydrogens is 277 g/mol. The number of hydrogen-bond acceptors (Lipinski definition) is 4. The van der Waals surface area contributed by atoms with E-state index >= 15 is 0 Å². The van der Waals surface area contributed by atoms with Crippen molar-refractivity contribution in [3.8, 4) is 0 Å². The number of ether oxygens (including phenoxy) is 1. The number of amides is 1. The van der Waals surface area contributed by atoms with Crippen molar-refractivity contribution < 1.29 is 18.7 Å². The van der Waals surface area contributed by atoms with Crippen LogP contribution in [0.4, 0.5) is 10.2 Å². The number of anilines is 1. The molecule has 0 saturated carbocycles. The molecule has 0 saturated heterocycles. The lowest BCUT2D eigenvalue weighted by Crippen LogP contribution is -2.21. The van der Waals surface area contributed by atoms with Crippen molar-refractivity contribution in [2.45, 2.75) is 13.8 Å². The number of carbonyl (C=O) groups is 2. The molecule has 1 heterocycles. The van der Waals surface area contributed by atoms with E-state index in [1.54, 1.807) is 19.9 Å². The van der Waals surface area contributed by atoms with Gasteiger partial charge in [0.25, 0.3) is 5.91 Å². The van der Waals surface area contributed by atoms with Gasteiger partial charge in [-0.2, -0.15) is 5.10 Å². The van der Waals surface area contributed by atoms with Gasteiger partial charge in [-0.25, -0.2) is 9.18 Å². The SMILES string of the molecule is Cc1cc(NC(=O)COC(=O)c2ccc(C)c(F)c2)n[nH]1. The number of hydrogen-bond donors (Lipinski definition) is 2. The summed E-state index contributed by atoms with van der Waals surface area (Å²) >= 11 is 0. The fourth-order valence-electron chi connectivity index (χ4n) is 1.60. The van der Waals surface area contributed by atoms with Gasteiger partial charge in [-0.15, -0.1) is 0 Å². The number of carbonyl (C=O) groups excluding carboxylic acids is 2. The third-order valence-corrected chi connectivity index (χ3v) is 2.72. The van der Waals surface area contributed by atoms with Crippen molar-refractivity contribution in [3.05, 3.63) is 46.9 Å². The molecule has 6 nitrogen and oxygen atoms in total. The standard InChI is InChI=1S/C14H14FN3O3/c1-8-3-4-10(6-11(8)15)14(20)21-7-13(19)16-12-5-9(2)17-18-12/h3-6H,7H2,1-2H3,(H2,16,17,18,19). The number of halogens is 1. The smallest absolute Gasteiger partial charge is 0.338 e. The first kappa shape index (κ1) is 14.7. The van der Waals surface area contributed by atoms with Gasteiger partial charge in [0.05, 0.1) is 5.56 Å². The van der Waals surface area contributed by atoms with Gasteiger partial charge >= 0.3 is 5.97 Å². The molecule has 0 bridgehead atoms. The second-order valence-corrected chi connectivity index (χ2v) is 4.52. The lowest BCUT2D eigenvalue weighted by molar-refractivity contribution is -0.119. The number of rotatable bonds is 4. The van der Waals surface area contributed by atoms with Crippen molar-refractivity contribution in [1.82, 2.24) is 10.2 Å². The fraction of sp³-hybridized carbons (Fsp3) is 0.214. The molecule has 0 fully saturated rings. The Labute approximate surface area is 120 Å². The Morgan fingerprint density at radius 1 is 1.33 bits per heavy atom. The molecule has 2 rings (SSSR count). The second kappa shape index (κ2) is 6.17. The first-order valence-corrected chi connectivity index (χ1v) is 6.21. The summed E-state index contributed by atoms with van der Waals surface area (Å²) in [6.45, 7) is 2.90. The Bertz CT molecular complexity index is 682. The van der Waals surface area contributed by atoms with E-state index in [0.717, 1.165) is 11.8 Å². The minimum atomic E-state index is -0.762. The third-order valence-electron chi connectivity index (χ3n) is 2.72. The highest BCUT2D eigenvalue weighted by molar-refractivity contribution is 5.95. The van der Waals surface area contributed by atoms with Crippen molar-refractivity contribution in [1.29, 1.82) is 0 Å². The second-order valence-electron chi connectivity index (χ2n) is 4.52. The Morgan fingerprint density at radius 2 is 2.10 bits per heavy atom. The first-order chi connectivity index (χ1) is 9.95. The number of aromatic amines is 1. The molecular formula is C14H14FN3O3. The molecule has 1 aromatic carbocycles. The largest absolute Gasteiger partial charge is 0.452 e. The summed E-state index contributed by atoms with van der Waals surface area (Å²) in [5.74, 6) is -1.44. The number of esters is 1. The Kier molecular flexibility index (Phi) is 4.32. The highest BCUT2D eigenvalue weighted by Gasteiger charge is 2.12. The molecule has 0 aliphatic carbocycles. The Balaban J connectivity index is 1.88. The summed E-state index contributed by atoms with van der Waals surface area (Å²) in [5, 5.41) is 8.93. The number of aryl methyl sites for hydroxylation is 2. The summed E-state index contributed by atoms with van der Waals surface area (Å²) in [4.78, 5) is 23.2. The third kappa shape index (κ3) is 3.88. The average Bonchev–Trinajstić information content (AvgIpc) is 2.84. The lowest BCUT2D eigenvalue weighted by Gasteiger charge is -2.05. The number of benzene rings is 1. The minimum Gasteiger partial charge on any atom is -0.452 e. The molecule has 21 heavy (non-hydrogen) atoms. The van der Waals surface area contributed by atoms with E-state index in [9.17, 15) is 14.0 Å². The zero-order valence-electron chi connectivity index (χ0n) is 11.6. The fourth-order valence-corrected chi connectivity index (χ4v) is 1.60. The van der Waals surface area contributed by atoms with Gasteiger partial charge in [0.1, 0.15) is 5.82 Å². The van der Waals surface area contributed by atoms with E-state index in [0.29, 0.717) is 11.4 Å². The average molecular weight is 291 g/mol. The maximum Gasteiger partial charge on any atom is 0.338 e. The molecule has 2 N–H and O–H groups in total. The van der Waals surface area contributed by atoms with Gasteiger partial charge in [-0.05, 0) is 31.5 Å². The zero-order chi connectivity index (χ0) is 15.4. The van der Waals surface area contributed by atoms with Crippen LogP contribution in [0, 0.1) is 19.7 Å². The highest BCUT2D eigenvalue weighted by Crippen LogP contribution is 2.10. The number of nitrogens with one attached hydrogen (secondary N) is 2. The van der Waals surface area contributed by atoms with Gasteiger partial charge < -0.3 is 10.1 Å². The van der Waals surface area contributed by atoms with E-state index in [-0.39, 0.29) is 5.56 Å². The summed E-state index contributed by atoms with van der Waals surface area (Å²) in [6, 6.07) is 5.62. The number of H-pyrrole nitrogens is 1. The lowest BCUT2D eigenvalue weighted by atomic mass is 10.1. The van der Waals surface area contributed by atoms with Crippen LogP contribution in [0.2, 0.25) is 0 Å². The zero-order valence-corrected chi connectivity index (χ0v) is 11.6. The van der Waals surface area contributed by atoms with Crippen LogP contribution in [0.1, 0.15) is 21.6 Å². The molecule has 0 unspecified atom stereocenters. The van der Waals surface area contributed by atoms with Gasteiger partial charge in [-0.1, -0.05) is 6.07 Å². The molecule has 7 heteroatoms. The van der Waals surface area contributed by atoms with Crippen molar-refractivity contribution in [2.24, 2.45) is 0 Å². The molecule has 2 aromatic rings. The summed E-state index contributed by atoms with van der Waals surface area (Å²) in [7, 11) is 0. The van der Waals surface area contributed by atoms with E-state index in [4.69, 9.17) is 4.74 Å². The van der Waals surface area contributed by atoms with Crippen LogP contribution < -0.4 is 5.32 Å². The molecule has 0 atom stereocenters.